The minimum atomic E-state index is 0.277. The summed E-state index contributed by atoms with van der Waals surface area (Å²) >= 11 is 0. The predicted molar refractivity (Wildman–Crippen MR) is 74.7 cm³/mol. The Morgan fingerprint density at radius 2 is 2.26 bits per heavy atom. The van der Waals surface area contributed by atoms with Crippen LogP contribution < -0.4 is 10.6 Å². The van der Waals surface area contributed by atoms with Gasteiger partial charge in [0.15, 0.2) is 0 Å². The van der Waals surface area contributed by atoms with E-state index >= 15 is 0 Å². The maximum absolute atomic E-state index is 4.22. The molecule has 1 aromatic rings. The number of rotatable bonds is 4. The van der Waals surface area contributed by atoms with E-state index < -0.39 is 0 Å². The van der Waals surface area contributed by atoms with Gasteiger partial charge in [-0.05, 0) is 45.1 Å². The second kappa shape index (κ2) is 5.59. The number of hydrogen-bond donors (Lipinski definition) is 2. The van der Waals surface area contributed by atoms with Crippen molar-refractivity contribution < 1.29 is 0 Å². The zero-order valence-electron chi connectivity index (χ0n) is 12.0. The van der Waals surface area contributed by atoms with Crippen LogP contribution in [0.25, 0.3) is 0 Å². The maximum atomic E-state index is 4.22. The van der Waals surface area contributed by atoms with Gasteiger partial charge in [-0.1, -0.05) is 6.42 Å². The summed E-state index contributed by atoms with van der Waals surface area (Å²) in [5.41, 5.74) is 0. The average Bonchev–Trinajstić information content (AvgIpc) is 3.07. The van der Waals surface area contributed by atoms with Crippen LogP contribution in [0.4, 0.5) is 0 Å². The molecule has 0 spiro atoms. The molecule has 0 radical (unpaired) electrons. The zero-order valence-corrected chi connectivity index (χ0v) is 12.0. The van der Waals surface area contributed by atoms with Gasteiger partial charge >= 0.3 is 0 Å². The van der Waals surface area contributed by atoms with E-state index in [9.17, 15) is 0 Å². The summed E-state index contributed by atoms with van der Waals surface area (Å²) in [5, 5.41) is 15.7. The highest BCUT2D eigenvalue weighted by molar-refractivity contribution is 4.98. The number of nitrogens with zero attached hydrogens (tertiary/aromatic N) is 3. The summed E-state index contributed by atoms with van der Waals surface area (Å²) in [7, 11) is 2.01. The Morgan fingerprint density at radius 1 is 1.37 bits per heavy atom. The molecule has 1 aliphatic carbocycles. The fourth-order valence-electron chi connectivity index (χ4n) is 3.83. The number of aromatic nitrogens is 3. The van der Waals surface area contributed by atoms with E-state index in [1.165, 1.54) is 38.6 Å². The summed E-state index contributed by atoms with van der Waals surface area (Å²) in [6.07, 6.45) is 8.48. The monoisotopic (exact) mass is 263 g/mol. The van der Waals surface area contributed by atoms with E-state index in [4.69, 9.17) is 0 Å². The van der Waals surface area contributed by atoms with Crippen LogP contribution >= 0.6 is 0 Å². The van der Waals surface area contributed by atoms with Crippen molar-refractivity contribution in [1.29, 1.82) is 0 Å². The highest BCUT2D eigenvalue weighted by atomic mass is 15.3. The molecule has 0 aromatic carbocycles. The van der Waals surface area contributed by atoms with Gasteiger partial charge in [0, 0.05) is 19.1 Å². The van der Waals surface area contributed by atoms with Gasteiger partial charge < -0.3 is 15.2 Å². The van der Waals surface area contributed by atoms with Crippen LogP contribution in [0.2, 0.25) is 0 Å². The van der Waals surface area contributed by atoms with Crippen molar-refractivity contribution in [1.82, 2.24) is 25.4 Å². The molecule has 1 saturated carbocycles. The lowest BCUT2D eigenvalue weighted by Crippen LogP contribution is -2.43. The van der Waals surface area contributed by atoms with E-state index in [0.717, 1.165) is 17.8 Å². The second-order valence-corrected chi connectivity index (χ2v) is 6.09. The van der Waals surface area contributed by atoms with E-state index in [1.807, 2.05) is 11.6 Å². The maximum Gasteiger partial charge on any atom is 0.149 e. The molecule has 0 bridgehead atoms. The fraction of sp³-hybridized carbons (Fsp3) is 0.857. The predicted octanol–water partition coefficient (Wildman–Crippen LogP) is 1.39. The van der Waals surface area contributed by atoms with Gasteiger partial charge in [-0.2, -0.15) is 0 Å². The summed E-state index contributed by atoms with van der Waals surface area (Å²) in [4.78, 5) is 0. The van der Waals surface area contributed by atoms with Gasteiger partial charge in [0.05, 0.1) is 6.04 Å². The molecule has 2 fully saturated rings. The van der Waals surface area contributed by atoms with Crippen LogP contribution in [0.3, 0.4) is 0 Å². The van der Waals surface area contributed by atoms with E-state index in [0.29, 0.717) is 6.04 Å². The third kappa shape index (κ3) is 2.67. The number of hydrogen-bond acceptors (Lipinski definition) is 4. The summed E-state index contributed by atoms with van der Waals surface area (Å²) in [6, 6.07) is 1.63. The molecule has 4 unspecified atom stereocenters. The lowest BCUT2D eigenvalue weighted by atomic mass is 9.92. The van der Waals surface area contributed by atoms with Crippen LogP contribution in [-0.4, -0.2) is 33.4 Å². The highest BCUT2D eigenvalue weighted by Crippen LogP contribution is 2.33. The van der Waals surface area contributed by atoms with Crippen molar-refractivity contribution in [2.24, 2.45) is 13.0 Å². The Hall–Kier alpha value is -0.940. The fourth-order valence-corrected chi connectivity index (χ4v) is 3.83. The molecule has 2 N–H and O–H groups in total. The quantitative estimate of drug-likeness (QED) is 0.862. The Labute approximate surface area is 115 Å². The largest absolute Gasteiger partial charge is 0.319 e. The second-order valence-electron chi connectivity index (χ2n) is 6.09. The van der Waals surface area contributed by atoms with Crippen molar-refractivity contribution in [2.75, 3.05) is 6.54 Å². The molecule has 0 amide bonds. The first-order valence-electron chi connectivity index (χ1n) is 7.59. The van der Waals surface area contributed by atoms with Gasteiger partial charge in [-0.3, -0.25) is 0 Å². The van der Waals surface area contributed by atoms with Crippen molar-refractivity contribution in [3.8, 4) is 0 Å². The van der Waals surface area contributed by atoms with Crippen LogP contribution in [-0.2, 0) is 7.05 Å². The minimum absolute atomic E-state index is 0.277. The highest BCUT2D eigenvalue weighted by Gasteiger charge is 2.35. The molecule has 1 saturated heterocycles. The van der Waals surface area contributed by atoms with Crippen molar-refractivity contribution in [3.05, 3.63) is 12.2 Å². The first kappa shape index (κ1) is 13.1. The van der Waals surface area contributed by atoms with Crippen molar-refractivity contribution in [3.63, 3.8) is 0 Å². The third-order valence-corrected chi connectivity index (χ3v) is 4.78. The molecular formula is C14H25N5. The van der Waals surface area contributed by atoms with Crippen molar-refractivity contribution in [2.45, 2.75) is 57.2 Å². The topological polar surface area (TPSA) is 54.8 Å². The summed E-state index contributed by atoms with van der Waals surface area (Å²) in [6.45, 7) is 3.40. The van der Waals surface area contributed by atoms with Crippen LogP contribution in [0, 0.1) is 5.92 Å². The van der Waals surface area contributed by atoms with Crippen LogP contribution in [0.1, 0.15) is 50.9 Å². The zero-order chi connectivity index (χ0) is 13.2. The summed E-state index contributed by atoms with van der Waals surface area (Å²) in [5.74, 6) is 1.82. The lowest BCUT2D eigenvalue weighted by molar-refractivity contribution is 0.299. The smallest absolute Gasteiger partial charge is 0.149 e. The van der Waals surface area contributed by atoms with Crippen molar-refractivity contribution >= 4 is 0 Å². The molecule has 5 heteroatoms. The Balaban J connectivity index is 1.63. The SMILES string of the molecule is CC(NC1CCCC1C1CCCN1)c1nncn1C. The lowest BCUT2D eigenvalue weighted by Gasteiger charge is -2.29. The normalized spacial score (nSPS) is 32.8. The number of nitrogens with one attached hydrogen (secondary N) is 2. The van der Waals surface area contributed by atoms with E-state index in [-0.39, 0.29) is 6.04 Å². The molecule has 106 valence electrons. The molecule has 1 aliphatic heterocycles. The molecule has 3 rings (SSSR count). The first-order valence-corrected chi connectivity index (χ1v) is 7.59. The van der Waals surface area contributed by atoms with Gasteiger partial charge in [0.25, 0.3) is 0 Å². The van der Waals surface area contributed by atoms with Crippen LogP contribution in [0.5, 0.6) is 0 Å². The molecule has 2 heterocycles. The standard InChI is InChI=1S/C14H25N5/c1-10(14-18-16-9-19(14)2)17-13-6-3-5-11(13)12-7-4-8-15-12/h9-13,15,17H,3-8H2,1-2H3. The van der Waals surface area contributed by atoms with E-state index in [1.54, 1.807) is 6.33 Å². The van der Waals surface area contributed by atoms with Gasteiger partial charge in [-0.25, -0.2) is 0 Å². The van der Waals surface area contributed by atoms with Gasteiger partial charge in [0.1, 0.15) is 12.2 Å². The van der Waals surface area contributed by atoms with E-state index in [2.05, 4.69) is 27.8 Å². The molecule has 1 aromatic heterocycles. The summed E-state index contributed by atoms with van der Waals surface area (Å²) < 4.78 is 2.01. The molecule has 2 aliphatic rings. The minimum Gasteiger partial charge on any atom is -0.319 e. The van der Waals surface area contributed by atoms with Gasteiger partial charge in [0.2, 0.25) is 0 Å². The molecule has 19 heavy (non-hydrogen) atoms. The Kier molecular flexibility index (Phi) is 3.84. The molecule has 5 nitrogen and oxygen atoms in total. The molecular weight excluding hydrogens is 238 g/mol. The molecule has 4 atom stereocenters. The Morgan fingerprint density at radius 3 is 2.95 bits per heavy atom. The van der Waals surface area contributed by atoms with Crippen LogP contribution in [0.15, 0.2) is 6.33 Å². The average molecular weight is 263 g/mol. The van der Waals surface area contributed by atoms with Gasteiger partial charge in [-0.15, -0.1) is 10.2 Å². The first-order chi connectivity index (χ1) is 9.25. The third-order valence-electron chi connectivity index (χ3n) is 4.78. The Bertz CT molecular complexity index is 410. The number of aryl methyl sites for hydroxylation is 1.